The minimum Gasteiger partial charge on any atom is -0.311 e. The summed E-state index contributed by atoms with van der Waals surface area (Å²) >= 11 is 0. The molecule has 0 atom stereocenters. The summed E-state index contributed by atoms with van der Waals surface area (Å²) in [7, 11) is 0. The van der Waals surface area contributed by atoms with Crippen LogP contribution in [-0.2, 0) is 10.8 Å². The van der Waals surface area contributed by atoms with E-state index in [1.165, 1.54) is 106 Å². The highest BCUT2D eigenvalue weighted by Crippen LogP contribution is 2.55. The maximum atomic E-state index is 2.51. The Morgan fingerprint density at radius 1 is 0.247 bits per heavy atom. The van der Waals surface area contributed by atoms with Crippen LogP contribution in [0.3, 0.4) is 0 Å². The normalized spacial score (nSPS) is 14.8. The summed E-state index contributed by atoms with van der Waals surface area (Å²) in [5.74, 6) is 0. The highest BCUT2D eigenvalue weighted by Gasteiger charge is 2.44. The molecular formula is C72H55BN4. The Morgan fingerprint density at radius 3 is 0.935 bits per heavy atom. The van der Waals surface area contributed by atoms with Gasteiger partial charge in [0.05, 0.1) is 22.7 Å². The summed E-state index contributed by atoms with van der Waals surface area (Å²) in [5, 5.41) is 0. The molecule has 0 spiro atoms. The molecule has 0 aromatic heterocycles. The van der Waals surface area contributed by atoms with Crippen LogP contribution in [0.1, 0.15) is 49.9 Å². The lowest BCUT2D eigenvalue weighted by Gasteiger charge is -2.44. The van der Waals surface area contributed by atoms with Gasteiger partial charge in [-0.15, -0.1) is 0 Å². The molecule has 0 radical (unpaired) electrons. The number of hydrogen-bond acceptors (Lipinski definition) is 4. The standard InChI is InChI=1S/C72H55BN4/c1-71(2)56-30-17-19-32-62(56)74(52-22-9-5-10-23-52)64-42-38-48(44-58(64)71)50-36-40-60-68(46-50)76(54-26-13-7-14-27-54)66-34-21-35-67-70(66)73(60)61-41-37-51(47-69(61)77(67)55-28-15-8-16-29-55)49-39-43-65-59(45-49)72(3,4)57-31-18-20-33-63(57)75(65)53-24-11-6-12-25-53/h5-47H,1-4H3. The Kier molecular flexibility index (Phi) is 10.0. The maximum Gasteiger partial charge on any atom is 0.252 e. The lowest BCUT2D eigenvalue weighted by Crippen LogP contribution is -2.61. The predicted molar refractivity (Wildman–Crippen MR) is 325 cm³/mol. The second-order valence-corrected chi connectivity index (χ2v) is 22.1. The van der Waals surface area contributed by atoms with Crippen LogP contribution >= 0.6 is 0 Å². The number of para-hydroxylation sites is 6. The van der Waals surface area contributed by atoms with Gasteiger partial charge in [0.25, 0.3) is 6.71 Å². The molecular weight excluding hydrogens is 932 g/mol. The van der Waals surface area contributed by atoms with Crippen LogP contribution in [-0.4, -0.2) is 6.71 Å². The van der Waals surface area contributed by atoms with E-state index in [2.05, 4.69) is 308 Å². The van der Waals surface area contributed by atoms with E-state index >= 15 is 0 Å². The lowest BCUT2D eigenvalue weighted by molar-refractivity contribution is 0.632. The first kappa shape index (κ1) is 45.1. The fraction of sp³-hybridized carbons (Fsp3) is 0.0833. The van der Waals surface area contributed by atoms with Gasteiger partial charge in [0, 0.05) is 56.3 Å². The van der Waals surface area contributed by atoms with E-state index in [1.807, 2.05) is 0 Å². The summed E-state index contributed by atoms with van der Waals surface area (Å²) in [5.41, 5.74) is 27.7. The molecule has 4 nitrogen and oxygen atoms in total. The number of benzene rings is 11. The van der Waals surface area contributed by atoms with Crippen molar-refractivity contribution < 1.29 is 0 Å². The summed E-state index contributed by atoms with van der Waals surface area (Å²) in [4.78, 5) is 9.90. The van der Waals surface area contributed by atoms with Crippen molar-refractivity contribution in [2.45, 2.75) is 38.5 Å². The third-order valence-corrected chi connectivity index (χ3v) is 17.2. The average molecular weight is 987 g/mol. The quantitative estimate of drug-likeness (QED) is 0.154. The van der Waals surface area contributed by atoms with Crippen LogP contribution < -0.4 is 36.0 Å². The van der Waals surface area contributed by atoms with Gasteiger partial charge in [0.15, 0.2) is 0 Å². The van der Waals surface area contributed by atoms with Gasteiger partial charge in [-0.3, -0.25) is 0 Å². The Labute approximate surface area is 452 Å². The highest BCUT2D eigenvalue weighted by molar-refractivity contribution is 7.00. The third-order valence-electron chi connectivity index (χ3n) is 17.2. The molecule has 0 aliphatic carbocycles. The van der Waals surface area contributed by atoms with Crippen molar-refractivity contribution in [3.63, 3.8) is 0 Å². The molecule has 4 heterocycles. The third kappa shape index (κ3) is 6.79. The summed E-state index contributed by atoms with van der Waals surface area (Å²) in [6.07, 6.45) is 0. The van der Waals surface area contributed by atoms with Gasteiger partial charge in [-0.2, -0.15) is 0 Å². The molecule has 5 heteroatoms. The minimum atomic E-state index is -0.231. The first-order chi connectivity index (χ1) is 37.7. The molecule has 4 aliphatic heterocycles. The maximum absolute atomic E-state index is 2.51. The van der Waals surface area contributed by atoms with E-state index in [0.29, 0.717) is 0 Å². The van der Waals surface area contributed by atoms with E-state index < -0.39 is 0 Å². The van der Waals surface area contributed by atoms with Crippen LogP contribution in [0.5, 0.6) is 0 Å². The van der Waals surface area contributed by atoms with Crippen molar-refractivity contribution in [3.05, 3.63) is 283 Å². The molecule has 15 rings (SSSR count). The molecule has 0 fully saturated rings. The molecule has 11 aromatic carbocycles. The molecule has 0 saturated carbocycles. The lowest BCUT2D eigenvalue weighted by atomic mass is 9.33. The second-order valence-electron chi connectivity index (χ2n) is 22.1. The smallest absolute Gasteiger partial charge is 0.252 e. The van der Waals surface area contributed by atoms with Gasteiger partial charge in [-0.1, -0.05) is 179 Å². The number of fused-ring (bicyclic) bond motifs is 8. The monoisotopic (exact) mass is 986 g/mol. The van der Waals surface area contributed by atoms with Crippen LogP contribution in [0, 0.1) is 0 Å². The summed E-state index contributed by atoms with van der Waals surface area (Å²) in [6.45, 7) is 9.50. The van der Waals surface area contributed by atoms with Crippen LogP contribution in [0.15, 0.2) is 261 Å². The first-order valence-electron chi connectivity index (χ1n) is 27.0. The van der Waals surface area contributed by atoms with Gasteiger partial charge >= 0.3 is 0 Å². The van der Waals surface area contributed by atoms with Crippen molar-refractivity contribution in [1.82, 2.24) is 0 Å². The largest absolute Gasteiger partial charge is 0.311 e. The van der Waals surface area contributed by atoms with Crippen molar-refractivity contribution >= 4 is 91.3 Å². The Hall–Kier alpha value is -9.32. The molecule has 0 N–H and O–H groups in total. The van der Waals surface area contributed by atoms with Gasteiger partial charge in [-0.25, -0.2) is 0 Å². The van der Waals surface area contributed by atoms with Crippen LogP contribution in [0.25, 0.3) is 22.3 Å². The fourth-order valence-corrected chi connectivity index (χ4v) is 13.5. The Bertz CT molecular complexity index is 3870. The number of hydrogen-bond donors (Lipinski definition) is 0. The zero-order chi connectivity index (χ0) is 51.6. The van der Waals surface area contributed by atoms with E-state index in [4.69, 9.17) is 0 Å². The van der Waals surface area contributed by atoms with Crippen LogP contribution in [0.4, 0.5) is 68.2 Å². The van der Waals surface area contributed by atoms with Crippen molar-refractivity contribution in [2.24, 2.45) is 0 Å². The first-order valence-corrected chi connectivity index (χ1v) is 27.0. The SMILES string of the molecule is CC1(C)c2ccccc2N(c2ccccc2)c2ccc(-c3ccc4c(c3)N(c3ccccc3)c3cccc5c3B4c3ccc(-c4ccc6c(c4)C(C)(C)c4ccccc4N6c4ccccc4)cc3N5c3ccccc3)cc21. The highest BCUT2D eigenvalue weighted by atomic mass is 15.2. The summed E-state index contributed by atoms with van der Waals surface area (Å²) in [6, 6.07) is 97.0. The number of anilines is 12. The molecule has 0 amide bonds. The molecule has 366 valence electrons. The van der Waals surface area contributed by atoms with E-state index in [0.717, 1.165) is 22.7 Å². The van der Waals surface area contributed by atoms with E-state index in [1.54, 1.807) is 0 Å². The zero-order valence-electron chi connectivity index (χ0n) is 43.7. The van der Waals surface area contributed by atoms with Gasteiger partial charge in [0.2, 0.25) is 0 Å². The predicted octanol–water partition coefficient (Wildman–Crippen LogP) is 17.3. The zero-order valence-corrected chi connectivity index (χ0v) is 43.7. The van der Waals surface area contributed by atoms with Gasteiger partial charge in [-0.05, 0) is 170 Å². The molecule has 0 unspecified atom stereocenters. The van der Waals surface area contributed by atoms with Gasteiger partial charge < -0.3 is 19.6 Å². The molecule has 4 aliphatic rings. The summed E-state index contributed by atoms with van der Waals surface area (Å²) < 4.78 is 0. The van der Waals surface area contributed by atoms with Crippen molar-refractivity contribution in [1.29, 1.82) is 0 Å². The average Bonchev–Trinajstić information content (AvgIpc) is 3.64. The Balaban J connectivity index is 0.904. The van der Waals surface area contributed by atoms with Crippen molar-refractivity contribution in [2.75, 3.05) is 19.6 Å². The Morgan fingerprint density at radius 2 is 0.545 bits per heavy atom. The van der Waals surface area contributed by atoms with Gasteiger partial charge in [0.1, 0.15) is 0 Å². The molecule has 77 heavy (non-hydrogen) atoms. The fourth-order valence-electron chi connectivity index (χ4n) is 13.5. The topological polar surface area (TPSA) is 13.0 Å². The molecule has 11 aromatic rings. The molecule has 0 saturated heterocycles. The number of rotatable bonds is 6. The van der Waals surface area contributed by atoms with E-state index in [9.17, 15) is 0 Å². The molecule has 0 bridgehead atoms. The number of nitrogens with zero attached hydrogens (tertiary/aromatic N) is 4. The van der Waals surface area contributed by atoms with Crippen molar-refractivity contribution in [3.8, 4) is 22.3 Å². The van der Waals surface area contributed by atoms with E-state index in [-0.39, 0.29) is 17.5 Å². The second kappa shape index (κ2) is 17.1. The minimum absolute atomic E-state index is 0.0222. The van der Waals surface area contributed by atoms with Crippen LogP contribution in [0.2, 0.25) is 0 Å².